The number of benzene rings is 1. The number of carbonyl (C=O) groups is 2. The Morgan fingerprint density at radius 1 is 1.22 bits per heavy atom. The van der Waals surface area contributed by atoms with Crippen LogP contribution >= 0.6 is 23.1 Å². The quantitative estimate of drug-likeness (QED) is 0.561. The van der Waals surface area contributed by atoms with E-state index in [2.05, 4.69) is 15.5 Å². The number of thioether (sulfide) groups is 1. The first-order valence-corrected chi connectivity index (χ1v) is 10.7. The Hall–Kier alpha value is -2.13. The van der Waals surface area contributed by atoms with Crippen molar-refractivity contribution in [2.45, 2.75) is 30.5 Å². The fraction of sp³-hybridized carbons (Fsp3) is 0.444. The number of likely N-dealkylation sites (tertiary alicyclic amines) is 1. The third-order valence-corrected chi connectivity index (χ3v) is 6.04. The number of para-hydroxylation sites is 1. The summed E-state index contributed by atoms with van der Waals surface area (Å²) in [5, 5.41) is 11.2. The molecule has 7 nitrogen and oxygen atoms in total. The summed E-state index contributed by atoms with van der Waals surface area (Å²) in [4.78, 5) is 26.6. The van der Waals surface area contributed by atoms with E-state index in [1.807, 2.05) is 17.9 Å². The van der Waals surface area contributed by atoms with Crippen molar-refractivity contribution >= 4 is 40.0 Å². The van der Waals surface area contributed by atoms with Gasteiger partial charge in [0.1, 0.15) is 5.75 Å². The lowest BCUT2D eigenvalue weighted by atomic mass is 10.1. The zero-order chi connectivity index (χ0) is 19.1. The van der Waals surface area contributed by atoms with Crippen molar-refractivity contribution in [1.82, 2.24) is 15.1 Å². The van der Waals surface area contributed by atoms with E-state index in [9.17, 15) is 9.59 Å². The van der Waals surface area contributed by atoms with Crippen LogP contribution in [0, 0.1) is 0 Å². The molecule has 1 aromatic heterocycles. The van der Waals surface area contributed by atoms with E-state index >= 15 is 0 Å². The smallest absolute Gasteiger partial charge is 0.261 e. The number of anilines is 1. The first-order chi connectivity index (χ1) is 13.2. The van der Waals surface area contributed by atoms with Crippen LogP contribution in [0.15, 0.2) is 28.6 Å². The van der Waals surface area contributed by atoms with Gasteiger partial charge >= 0.3 is 0 Å². The largest absolute Gasteiger partial charge is 0.493 e. The summed E-state index contributed by atoms with van der Waals surface area (Å²) in [7, 11) is 0. The molecular weight excluding hydrogens is 384 g/mol. The maximum absolute atomic E-state index is 12.5. The molecule has 3 rings (SSSR count). The molecule has 0 aliphatic carbocycles. The van der Waals surface area contributed by atoms with Crippen LogP contribution in [-0.4, -0.2) is 52.4 Å². The number of nitrogens with one attached hydrogen (secondary N) is 1. The van der Waals surface area contributed by atoms with Crippen LogP contribution in [0.2, 0.25) is 0 Å². The van der Waals surface area contributed by atoms with Gasteiger partial charge in [-0.1, -0.05) is 35.2 Å². The van der Waals surface area contributed by atoms with Gasteiger partial charge in [0.05, 0.1) is 17.9 Å². The molecule has 27 heavy (non-hydrogen) atoms. The Kier molecular flexibility index (Phi) is 7.05. The minimum Gasteiger partial charge on any atom is -0.493 e. The van der Waals surface area contributed by atoms with Crippen LogP contribution < -0.4 is 10.1 Å². The van der Waals surface area contributed by atoms with Crippen LogP contribution in [0.5, 0.6) is 5.75 Å². The van der Waals surface area contributed by atoms with E-state index < -0.39 is 0 Å². The van der Waals surface area contributed by atoms with E-state index in [1.54, 1.807) is 18.2 Å². The third kappa shape index (κ3) is 5.43. The van der Waals surface area contributed by atoms with Gasteiger partial charge in [-0.25, -0.2) is 0 Å². The summed E-state index contributed by atoms with van der Waals surface area (Å²) in [5.41, 5.74) is 0.448. The highest BCUT2D eigenvalue weighted by molar-refractivity contribution is 8.01. The van der Waals surface area contributed by atoms with Crippen molar-refractivity contribution in [2.24, 2.45) is 0 Å². The first-order valence-electron chi connectivity index (χ1n) is 8.94. The third-order valence-electron chi connectivity index (χ3n) is 4.09. The molecule has 0 saturated carbocycles. The zero-order valence-corrected chi connectivity index (χ0v) is 16.8. The van der Waals surface area contributed by atoms with Gasteiger partial charge in [-0.3, -0.25) is 14.9 Å². The van der Waals surface area contributed by atoms with Crippen LogP contribution in [0.4, 0.5) is 5.13 Å². The van der Waals surface area contributed by atoms with Crippen LogP contribution in [0.3, 0.4) is 0 Å². The first kappa shape index (κ1) is 19.6. The normalized spacial score (nSPS) is 14.0. The molecule has 0 radical (unpaired) electrons. The minimum absolute atomic E-state index is 0.131. The van der Waals surface area contributed by atoms with Crippen LogP contribution in [0.1, 0.15) is 36.5 Å². The molecule has 0 atom stereocenters. The highest BCUT2D eigenvalue weighted by Gasteiger charge is 2.18. The SMILES string of the molecule is CCOc1ccccc1C(=O)Nc1nnc(SCC(=O)N2CCCCC2)s1. The van der Waals surface area contributed by atoms with E-state index in [0.29, 0.717) is 33.1 Å². The molecule has 0 unspecified atom stereocenters. The monoisotopic (exact) mass is 406 g/mol. The van der Waals surface area contributed by atoms with Gasteiger partial charge in [-0.2, -0.15) is 0 Å². The van der Waals surface area contributed by atoms with Crippen molar-refractivity contribution in [3.8, 4) is 5.75 Å². The minimum atomic E-state index is -0.295. The molecule has 1 aromatic carbocycles. The molecular formula is C18H22N4O3S2. The van der Waals surface area contributed by atoms with Crippen LogP contribution in [-0.2, 0) is 4.79 Å². The molecule has 2 heterocycles. The van der Waals surface area contributed by atoms with Crippen molar-refractivity contribution < 1.29 is 14.3 Å². The zero-order valence-electron chi connectivity index (χ0n) is 15.1. The van der Waals surface area contributed by atoms with Gasteiger partial charge in [0.15, 0.2) is 4.34 Å². The predicted molar refractivity (Wildman–Crippen MR) is 107 cm³/mol. The Morgan fingerprint density at radius 2 is 2.00 bits per heavy atom. The number of hydrogen-bond donors (Lipinski definition) is 1. The van der Waals surface area contributed by atoms with Crippen molar-refractivity contribution in [2.75, 3.05) is 30.8 Å². The number of carbonyl (C=O) groups excluding carboxylic acids is 2. The van der Waals surface area contributed by atoms with E-state index in [1.165, 1.54) is 29.5 Å². The Balaban J connectivity index is 1.54. The number of piperidine rings is 1. The predicted octanol–water partition coefficient (Wildman–Crippen LogP) is 3.29. The Bertz CT molecular complexity index is 790. The number of rotatable bonds is 7. The number of nitrogens with zero attached hydrogens (tertiary/aromatic N) is 3. The summed E-state index contributed by atoms with van der Waals surface area (Å²) < 4.78 is 6.14. The molecule has 1 fully saturated rings. The average Bonchev–Trinajstić information content (AvgIpc) is 3.14. The summed E-state index contributed by atoms with van der Waals surface area (Å²) in [6.07, 6.45) is 3.35. The Morgan fingerprint density at radius 3 is 2.78 bits per heavy atom. The van der Waals surface area contributed by atoms with Crippen molar-refractivity contribution in [3.05, 3.63) is 29.8 Å². The molecule has 0 spiro atoms. The number of ether oxygens (including phenoxy) is 1. The number of aromatic nitrogens is 2. The molecule has 2 amide bonds. The van der Waals surface area contributed by atoms with Crippen LogP contribution in [0.25, 0.3) is 0 Å². The fourth-order valence-corrected chi connectivity index (χ4v) is 4.43. The van der Waals surface area contributed by atoms with E-state index in [-0.39, 0.29) is 11.8 Å². The second-order valence-electron chi connectivity index (χ2n) is 5.99. The van der Waals surface area contributed by atoms with Gasteiger partial charge in [0.2, 0.25) is 11.0 Å². The maximum Gasteiger partial charge on any atom is 0.261 e. The second kappa shape index (κ2) is 9.70. The number of amides is 2. The van der Waals surface area contributed by atoms with Gasteiger partial charge in [0, 0.05) is 13.1 Å². The summed E-state index contributed by atoms with van der Waals surface area (Å²) in [5.74, 6) is 0.710. The molecule has 1 aliphatic heterocycles. The molecule has 1 N–H and O–H groups in total. The fourth-order valence-electron chi connectivity index (χ4n) is 2.78. The van der Waals surface area contributed by atoms with Gasteiger partial charge in [0.25, 0.3) is 5.91 Å². The van der Waals surface area contributed by atoms with Crippen molar-refractivity contribution in [3.63, 3.8) is 0 Å². The summed E-state index contributed by atoms with van der Waals surface area (Å²) >= 11 is 2.62. The lowest BCUT2D eigenvalue weighted by Crippen LogP contribution is -2.36. The lowest BCUT2D eigenvalue weighted by molar-refractivity contribution is -0.129. The molecule has 0 bridgehead atoms. The second-order valence-corrected chi connectivity index (χ2v) is 8.19. The molecule has 2 aromatic rings. The van der Waals surface area contributed by atoms with E-state index in [4.69, 9.17) is 4.74 Å². The number of hydrogen-bond acceptors (Lipinski definition) is 7. The van der Waals surface area contributed by atoms with Crippen molar-refractivity contribution in [1.29, 1.82) is 0 Å². The topological polar surface area (TPSA) is 84.4 Å². The van der Waals surface area contributed by atoms with E-state index in [0.717, 1.165) is 25.9 Å². The van der Waals surface area contributed by atoms with Gasteiger partial charge in [-0.05, 0) is 38.3 Å². The average molecular weight is 407 g/mol. The lowest BCUT2D eigenvalue weighted by Gasteiger charge is -2.26. The molecule has 9 heteroatoms. The van der Waals surface area contributed by atoms with Gasteiger partial charge in [-0.15, -0.1) is 10.2 Å². The molecule has 1 saturated heterocycles. The Labute approximate surface area is 166 Å². The highest BCUT2D eigenvalue weighted by Crippen LogP contribution is 2.27. The summed E-state index contributed by atoms with van der Waals surface area (Å²) in [6.45, 7) is 4.04. The highest BCUT2D eigenvalue weighted by atomic mass is 32.2. The summed E-state index contributed by atoms with van der Waals surface area (Å²) in [6, 6.07) is 7.06. The standard InChI is InChI=1S/C18H22N4O3S2/c1-2-25-14-9-5-4-8-13(14)16(24)19-17-20-21-18(27-17)26-12-15(23)22-10-6-3-7-11-22/h4-5,8-9H,2-3,6-7,10-12H2,1H3,(H,19,20,24). The molecule has 1 aliphatic rings. The van der Waals surface area contributed by atoms with Gasteiger partial charge < -0.3 is 9.64 Å². The maximum atomic E-state index is 12.5. The molecule has 144 valence electrons.